The van der Waals surface area contributed by atoms with Crippen molar-refractivity contribution in [3.05, 3.63) is 74.5 Å². The summed E-state index contributed by atoms with van der Waals surface area (Å²) in [5, 5.41) is 7.30. The van der Waals surface area contributed by atoms with Gasteiger partial charge < -0.3 is 5.32 Å². The first-order chi connectivity index (χ1) is 13.3. The fourth-order valence-electron chi connectivity index (χ4n) is 2.98. The molecule has 0 bridgehead atoms. The molecule has 0 unspecified atom stereocenters. The average Bonchev–Trinajstić information content (AvgIpc) is 2.99. The van der Waals surface area contributed by atoms with Gasteiger partial charge in [0, 0.05) is 23.5 Å². The van der Waals surface area contributed by atoms with E-state index in [2.05, 4.69) is 15.4 Å². The Hall–Kier alpha value is -3.22. The minimum Gasteiger partial charge on any atom is -0.350 e. The number of nitrogens with zero attached hydrogens (tertiary/aromatic N) is 4. The fourth-order valence-corrected chi connectivity index (χ4v) is 2.98. The van der Waals surface area contributed by atoms with Crippen LogP contribution in [-0.4, -0.2) is 25.2 Å². The lowest BCUT2D eigenvalue weighted by molar-refractivity contribution is -0.121. The van der Waals surface area contributed by atoms with Crippen molar-refractivity contribution >= 4 is 5.91 Å². The molecule has 0 spiro atoms. The number of benzene rings is 1. The highest BCUT2D eigenvalue weighted by molar-refractivity contribution is 5.76. The maximum atomic E-state index is 12.9. The molecule has 28 heavy (non-hydrogen) atoms. The summed E-state index contributed by atoms with van der Waals surface area (Å²) in [5.74, 6) is 0.0969. The minimum absolute atomic E-state index is 0.119. The van der Waals surface area contributed by atoms with E-state index in [1.807, 2.05) is 51.1 Å². The van der Waals surface area contributed by atoms with Crippen LogP contribution in [0.3, 0.4) is 0 Å². The zero-order valence-corrected chi connectivity index (χ0v) is 16.9. The van der Waals surface area contributed by atoms with Crippen molar-refractivity contribution in [2.45, 2.75) is 47.7 Å². The monoisotopic (exact) mass is 379 g/mol. The second-order valence-corrected chi connectivity index (χ2v) is 7.11. The number of amides is 1. The lowest BCUT2D eigenvalue weighted by Gasteiger charge is -2.15. The van der Waals surface area contributed by atoms with E-state index in [1.54, 1.807) is 18.5 Å². The van der Waals surface area contributed by atoms with Crippen LogP contribution < -0.4 is 10.9 Å². The molecule has 0 aliphatic carbocycles. The lowest BCUT2D eigenvalue weighted by atomic mass is 10.1. The fraction of sp³-hybridized carbons (Fsp3) is 0.333. The molecule has 146 valence electrons. The van der Waals surface area contributed by atoms with Gasteiger partial charge in [-0.1, -0.05) is 29.8 Å². The van der Waals surface area contributed by atoms with Crippen LogP contribution in [-0.2, 0) is 17.9 Å². The van der Waals surface area contributed by atoms with Gasteiger partial charge in [0.1, 0.15) is 6.54 Å². The molecule has 3 rings (SSSR count). The van der Waals surface area contributed by atoms with Crippen LogP contribution in [0.15, 0.2) is 35.1 Å². The van der Waals surface area contributed by atoms with E-state index in [0.29, 0.717) is 23.8 Å². The molecule has 0 atom stereocenters. The first kappa shape index (κ1) is 19.5. The van der Waals surface area contributed by atoms with Gasteiger partial charge in [0.05, 0.1) is 5.69 Å². The van der Waals surface area contributed by atoms with Crippen LogP contribution in [0.1, 0.15) is 33.8 Å². The van der Waals surface area contributed by atoms with Gasteiger partial charge in [-0.25, -0.2) is 9.67 Å². The lowest BCUT2D eigenvalue weighted by Crippen LogP contribution is -2.36. The summed E-state index contributed by atoms with van der Waals surface area (Å²) in [6.07, 6.45) is 0. The molecule has 0 saturated carbocycles. The van der Waals surface area contributed by atoms with Gasteiger partial charge in [0.25, 0.3) is 5.56 Å². The van der Waals surface area contributed by atoms with Crippen LogP contribution in [0.5, 0.6) is 0 Å². The number of aryl methyl sites for hydroxylation is 4. The van der Waals surface area contributed by atoms with Gasteiger partial charge in [-0.05, 0) is 46.2 Å². The zero-order valence-electron chi connectivity index (χ0n) is 16.9. The maximum absolute atomic E-state index is 12.9. The smallest absolute Gasteiger partial charge is 0.258 e. The summed E-state index contributed by atoms with van der Waals surface area (Å²) in [6.45, 7) is 9.57. The molecule has 7 nitrogen and oxygen atoms in total. The second-order valence-electron chi connectivity index (χ2n) is 7.11. The molecule has 3 aromatic rings. The van der Waals surface area contributed by atoms with E-state index in [9.17, 15) is 9.59 Å². The Morgan fingerprint density at radius 2 is 1.75 bits per heavy atom. The summed E-state index contributed by atoms with van der Waals surface area (Å²) < 4.78 is 2.99. The predicted octanol–water partition coefficient (Wildman–Crippen LogP) is 2.29. The summed E-state index contributed by atoms with van der Waals surface area (Å²) in [4.78, 5) is 29.9. The largest absolute Gasteiger partial charge is 0.350 e. The number of carbonyl (C=O) groups excluding carboxylic acids is 1. The Bertz CT molecular complexity index is 1080. The summed E-state index contributed by atoms with van der Waals surface area (Å²) in [6, 6.07) is 9.85. The maximum Gasteiger partial charge on any atom is 0.258 e. The van der Waals surface area contributed by atoms with E-state index >= 15 is 0 Å². The van der Waals surface area contributed by atoms with Crippen LogP contribution in [0.25, 0.3) is 5.95 Å². The highest BCUT2D eigenvalue weighted by Crippen LogP contribution is 2.11. The van der Waals surface area contributed by atoms with E-state index < -0.39 is 0 Å². The number of carbonyl (C=O) groups is 1. The van der Waals surface area contributed by atoms with Crippen LogP contribution in [0, 0.1) is 34.6 Å². The van der Waals surface area contributed by atoms with Crippen molar-refractivity contribution in [1.82, 2.24) is 24.6 Å². The topological polar surface area (TPSA) is 81.8 Å². The first-order valence-corrected chi connectivity index (χ1v) is 9.20. The average molecular weight is 379 g/mol. The molecule has 0 fully saturated rings. The van der Waals surface area contributed by atoms with Crippen molar-refractivity contribution in [2.24, 2.45) is 0 Å². The van der Waals surface area contributed by atoms with E-state index in [1.165, 1.54) is 4.57 Å². The number of nitrogens with one attached hydrogen (secondary N) is 1. The zero-order chi connectivity index (χ0) is 20.4. The first-order valence-electron chi connectivity index (χ1n) is 9.20. The highest BCUT2D eigenvalue weighted by atomic mass is 16.2. The SMILES string of the molecule is Cc1ccc(CNC(=O)Cn2c(-n3nc(C)cc3C)nc(C)c(C)c2=O)cc1. The van der Waals surface area contributed by atoms with Gasteiger partial charge in [-0.3, -0.25) is 14.2 Å². The number of hydrogen-bond acceptors (Lipinski definition) is 4. The van der Waals surface area contributed by atoms with E-state index in [0.717, 1.165) is 22.5 Å². The molecule has 0 aliphatic heterocycles. The van der Waals surface area contributed by atoms with Crippen LogP contribution >= 0.6 is 0 Å². The third-order valence-electron chi connectivity index (χ3n) is 4.73. The summed E-state index contributed by atoms with van der Waals surface area (Å²) >= 11 is 0. The molecular weight excluding hydrogens is 354 g/mol. The predicted molar refractivity (Wildman–Crippen MR) is 108 cm³/mol. The Labute approximate surface area is 164 Å². The van der Waals surface area contributed by atoms with Gasteiger partial charge in [0.2, 0.25) is 11.9 Å². The van der Waals surface area contributed by atoms with Crippen LogP contribution in [0.4, 0.5) is 0 Å². The minimum atomic E-state index is -0.254. The number of rotatable bonds is 5. The van der Waals surface area contributed by atoms with Crippen molar-refractivity contribution in [3.8, 4) is 5.95 Å². The van der Waals surface area contributed by atoms with Gasteiger partial charge in [0.15, 0.2) is 0 Å². The van der Waals surface area contributed by atoms with Crippen molar-refractivity contribution in [3.63, 3.8) is 0 Å². The molecule has 0 aliphatic rings. The highest BCUT2D eigenvalue weighted by Gasteiger charge is 2.17. The molecule has 0 saturated heterocycles. The van der Waals surface area contributed by atoms with Gasteiger partial charge in [-0.2, -0.15) is 5.10 Å². The molecule has 1 N–H and O–H groups in total. The molecule has 2 heterocycles. The van der Waals surface area contributed by atoms with Gasteiger partial charge in [-0.15, -0.1) is 0 Å². The standard InChI is InChI=1S/C21H25N5O2/c1-13-6-8-18(9-7-13)11-22-19(27)12-25-20(28)16(4)17(5)23-21(25)26-15(3)10-14(2)24-26/h6-10H,11-12H2,1-5H3,(H,22,27). The molecule has 2 aromatic heterocycles. The molecule has 1 amide bonds. The Morgan fingerprint density at radius 3 is 2.36 bits per heavy atom. The normalized spacial score (nSPS) is 10.9. The summed E-state index contributed by atoms with van der Waals surface area (Å²) in [7, 11) is 0. The van der Waals surface area contributed by atoms with E-state index in [4.69, 9.17) is 0 Å². The Kier molecular flexibility index (Phi) is 5.44. The molecule has 1 aromatic carbocycles. The van der Waals surface area contributed by atoms with Crippen molar-refractivity contribution in [2.75, 3.05) is 0 Å². The third-order valence-corrected chi connectivity index (χ3v) is 4.73. The third kappa shape index (κ3) is 4.03. The second kappa shape index (κ2) is 7.80. The molecule has 0 radical (unpaired) electrons. The molecular formula is C21H25N5O2. The van der Waals surface area contributed by atoms with Crippen LogP contribution in [0.2, 0.25) is 0 Å². The van der Waals surface area contributed by atoms with Crippen molar-refractivity contribution < 1.29 is 4.79 Å². The van der Waals surface area contributed by atoms with E-state index in [-0.39, 0.29) is 18.0 Å². The van der Waals surface area contributed by atoms with Gasteiger partial charge >= 0.3 is 0 Å². The summed E-state index contributed by atoms with van der Waals surface area (Å²) in [5.41, 5.74) is 4.75. The van der Waals surface area contributed by atoms with Crippen molar-refractivity contribution in [1.29, 1.82) is 0 Å². The molecule has 7 heteroatoms. The number of aromatic nitrogens is 4. The number of hydrogen-bond donors (Lipinski definition) is 1. The quantitative estimate of drug-likeness (QED) is 0.737. The Balaban J connectivity index is 1.89. The Morgan fingerprint density at radius 1 is 1.07 bits per heavy atom.